The van der Waals surface area contributed by atoms with E-state index in [1.807, 2.05) is 6.07 Å². The first-order chi connectivity index (χ1) is 16.5. The lowest BCUT2D eigenvalue weighted by Gasteiger charge is -2.19. The van der Waals surface area contributed by atoms with Gasteiger partial charge in [0, 0.05) is 16.8 Å². The summed E-state index contributed by atoms with van der Waals surface area (Å²) in [5.41, 5.74) is 7.26. The maximum absolute atomic E-state index is 4.65. The van der Waals surface area contributed by atoms with Crippen molar-refractivity contribution >= 4 is 5.57 Å². The summed E-state index contributed by atoms with van der Waals surface area (Å²) >= 11 is 0. The van der Waals surface area contributed by atoms with Crippen molar-refractivity contribution in [2.75, 3.05) is 0 Å². The number of allylic oxidation sites excluding steroid dienone is 4. The molecular formula is C31H31N3. The molecular weight excluding hydrogens is 414 g/mol. The Morgan fingerprint density at radius 2 is 1.24 bits per heavy atom. The third-order valence-corrected chi connectivity index (χ3v) is 6.43. The Labute approximate surface area is 202 Å². The molecule has 0 saturated carbocycles. The fraction of sp³-hybridized carbons (Fsp3) is 0.226. The minimum absolute atomic E-state index is 0.112. The van der Waals surface area contributed by atoms with Crippen LogP contribution in [-0.2, 0) is 5.41 Å². The summed E-state index contributed by atoms with van der Waals surface area (Å²) in [5, 5.41) is 9.30. The second kappa shape index (κ2) is 9.26. The lowest BCUT2D eigenvalue weighted by molar-refractivity contribution is 0.590. The van der Waals surface area contributed by atoms with Gasteiger partial charge in [-0.05, 0) is 53.5 Å². The standard InChI is InChI=1S/C31H31N3/c1-31(2,3)27-21-19-26(20-22-27)30-33-32-29(34(30)28-13-9-6-10-14-28)25-17-15-24(16-18-25)23-11-7-4-5-8-12-23/h4,6-7,9-10,12-22H,5,8,11H2,1-3H3. The van der Waals surface area contributed by atoms with Crippen molar-refractivity contribution < 1.29 is 0 Å². The van der Waals surface area contributed by atoms with Crippen LogP contribution >= 0.6 is 0 Å². The zero-order chi connectivity index (χ0) is 23.5. The first-order valence-corrected chi connectivity index (χ1v) is 12.1. The highest BCUT2D eigenvalue weighted by atomic mass is 15.3. The Morgan fingerprint density at radius 3 is 1.85 bits per heavy atom. The van der Waals surface area contributed by atoms with E-state index in [0.29, 0.717) is 0 Å². The molecule has 0 saturated heterocycles. The molecule has 0 aliphatic heterocycles. The van der Waals surface area contributed by atoms with E-state index >= 15 is 0 Å². The van der Waals surface area contributed by atoms with Gasteiger partial charge in [-0.1, -0.05) is 106 Å². The molecule has 3 nitrogen and oxygen atoms in total. The molecule has 3 heteroatoms. The number of hydrogen-bond donors (Lipinski definition) is 0. The first kappa shape index (κ1) is 22.1. The summed E-state index contributed by atoms with van der Waals surface area (Å²) in [6, 6.07) is 27.8. The van der Waals surface area contributed by atoms with Crippen LogP contribution in [0.2, 0.25) is 0 Å². The van der Waals surface area contributed by atoms with Gasteiger partial charge >= 0.3 is 0 Å². The molecule has 1 aliphatic carbocycles. The van der Waals surface area contributed by atoms with Gasteiger partial charge in [0.15, 0.2) is 11.6 Å². The minimum atomic E-state index is 0.112. The topological polar surface area (TPSA) is 30.7 Å². The van der Waals surface area contributed by atoms with Crippen LogP contribution < -0.4 is 0 Å². The second-order valence-corrected chi connectivity index (χ2v) is 9.91. The smallest absolute Gasteiger partial charge is 0.168 e. The van der Waals surface area contributed by atoms with Crippen LogP contribution in [0.5, 0.6) is 0 Å². The maximum Gasteiger partial charge on any atom is 0.168 e. The van der Waals surface area contributed by atoms with E-state index in [9.17, 15) is 0 Å². The van der Waals surface area contributed by atoms with E-state index in [0.717, 1.165) is 47.7 Å². The van der Waals surface area contributed by atoms with Crippen LogP contribution in [0.25, 0.3) is 34.0 Å². The molecule has 1 aromatic heterocycles. The largest absolute Gasteiger partial charge is 0.275 e. The van der Waals surface area contributed by atoms with Gasteiger partial charge in [-0.2, -0.15) is 0 Å². The lowest BCUT2D eigenvalue weighted by Crippen LogP contribution is -2.10. The van der Waals surface area contributed by atoms with Crippen molar-refractivity contribution in [3.8, 4) is 28.5 Å². The second-order valence-electron chi connectivity index (χ2n) is 9.91. The number of rotatable bonds is 4. The van der Waals surface area contributed by atoms with Crippen molar-refractivity contribution in [1.82, 2.24) is 14.8 Å². The van der Waals surface area contributed by atoms with Crippen molar-refractivity contribution in [3.05, 3.63) is 108 Å². The third kappa shape index (κ3) is 4.51. The summed E-state index contributed by atoms with van der Waals surface area (Å²) in [4.78, 5) is 0. The predicted molar refractivity (Wildman–Crippen MR) is 142 cm³/mol. The van der Waals surface area contributed by atoms with E-state index in [1.165, 1.54) is 16.7 Å². The van der Waals surface area contributed by atoms with Gasteiger partial charge in [-0.15, -0.1) is 10.2 Å². The molecule has 34 heavy (non-hydrogen) atoms. The van der Waals surface area contributed by atoms with Crippen molar-refractivity contribution in [2.45, 2.75) is 45.4 Å². The summed E-state index contributed by atoms with van der Waals surface area (Å²) < 4.78 is 2.16. The first-order valence-electron chi connectivity index (χ1n) is 12.1. The van der Waals surface area contributed by atoms with Crippen LogP contribution in [0.3, 0.4) is 0 Å². The number of benzene rings is 3. The maximum atomic E-state index is 4.65. The van der Waals surface area contributed by atoms with Crippen molar-refractivity contribution in [1.29, 1.82) is 0 Å². The lowest BCUT2D eigenvalue weighted by atomic mass is 9.86. The molecule has 1 aliphatic rings. The molecule has 170 valence electrons. The molecule has 1 heterocycles. The molecule has 0 radical (unpaired) electrons. The van der Waals surface area contributed by atoms with E-state index in [-0.39, 0.29) is 5.41 Å². The number of hydrogen-bond acceptors (Lipinski definition) is 2. The molecule has 0 amide bonds. The summed E-state index contributed by atoms with van der Waals surface area (Å²) in [6.45, 7) is 6.70. The SMILES string of the molecule is CC(C)(C)c1ccc(-c2nnc(-c3ccc(C4=CCCC=CC4)cc3)n2-c2ccccc2)cc1. The summed E-state index contributed by atoms with van der Waals surface area (Å²) in [6.07, 6.45) is 10.1. The molecule has 0 bridgehead atoms. The fourth-order valence-electron chi connectivity index (χ4n) is 4.43. The Kier molecular flexibility index (Phi) is 6.02. The average molecular weight is 446 g/mol. The van der Waals surface area contributed by atoms with Gasteiger partial charge in [-0.3, -0.25) is 4.57 Å². The Bertz CT molecular complexity index is 1320. The minimum Gasteiger partial charge on any atom is -0.275 e. The van der Waals surface area contributed by atoms with Crippen LogP contribution in [-0.4, -0.2) is 14.8 Å². The molecule has 3 aromatic carbocycles. The summed E-state index contributed by atoms with van der Waals surface area (Å²) in [7, 11) is 0. The number of aromatic nitrogens is 3. The summed E-state index contributed by atoms with van der Waals surface area (Å²) in [5.74, 6) is 1.70. The predicted octanol–water partition coefficient (Wildman–Crippen LogP) is 8.02. The molecule has 0 spiro atoms. The van der Waals surface area contributed by atoms with Crippen LogP contribution in [0.4, 0.5) is 0 Å². The van der Waals surface area contributed by atoms with Crippen LogP contribution in [0.1, 0.15) is 51.2 Å². The number of nitrogens with zero attached hydrogens (tertiary/aromatic N) is 3. The highest BCUT2D eigenvalue weighted by molar-refractivity contribution is 5.71. The van der Waals surface area contributed by atoms with Crippen molar-refractivity contribution in [2.24, 2.45) is 0 Å². The molecule has 4 aromatic rings. The van der Waals surface area contributed by atoms with Crippen LogP contribution in [0.15, 0.2) is 97.1 Å². The Morgan fingerprint density at radius 1 is 0.647 bits per heavy atom. The molecule has 0 N–H and O–H groups in total. The molecule has 0 fully saturated rings. The van der Waals surface area contributed by atoms with E-state index in [2.05, 4.69) is 127 Å². The molecule has 0 unspecified atom stereocenters. The van der Waals surface area contributed by atoms with Gasteiger partial charge in [0.1, 0.15) is 0 Å². The van der Waals surface area contributed by atoms with Crippen molar-refractivity contribution in [3.63, 3.8) is 0 Å². The Hall–Kier alpha value is -3.72. The fourth-order valence-corrected chi connectivity index (χ4v) is 4.43. The van der Waals surface area contributed by atoms with Gasteiger partial charge in [0.05, 0.1) is 0 Å². The van der Waals surface area contributed by atoms with E-state index < -0.39 is 0 Å². The van der Waals surface area contributed by atoms with E-state index in [4.69, 9.17) is 0 Å². The highest BCUT2D eigenvalue weighted by Crippen LogP contribution is 2.31. The quantitative estimate of drug-likeness (QED) is 0.298. The zero-order valence-electron chi connectivity index (χ0n) is 20.2. The van der Waals surface area contributed by atoms with Gasteiger partial charge in [-0.25, -0.2) is 0 Å². The van der Waals surface area contributed by atoms with Crippen LogP contribution in [0, 0.1) is 0 Å². The highest BCUT2D eigenvalue weighted by Gasteiger charge is 2.19. The van der Waals surface area contributed by atoms with Gasteiger partial charge in [0.2, 0.25) is 0 Å². The monoisotopic (exact) mass is 445 g/mol. The normalized spacial score (nSPS) is 14.0. The van der Waals surface area contributed by atoms with Gasteiger partial charge < -0.3 is 0 Å². The van der Waals surface area contributed by atoms with Gasteiger partial charge in [0.25, 0.3) is 0 Å². The zero-order valence-corrected chi connectivity index (χ0v) is 20.2. The third-order valence-electron chi connectivity index (χ3n) is 6.43. The van der Waals surface area contributed by atoms with E-state index in [1.54, 1.807) is 0 Å². The Balaban J connectivity index is 1.56. The molecule has 0 atom stereocenters. The number of para-hydroxylation sites is 1. The average Bonchev–Trinajstić information content (AvgIpc) is 3.12. The molecule has 5 rings (SSSR count).